The van der Waals surface area contributed by atoms with Gasteiger partial charge in [-0.05, 0) is 49.8 Å². The van der Waals surface area contributed by atoms with E-state index in [0.717, 1.165) is 30.5 Å². The Labute approximate surface area is 118 Å². The molecule has 1 heterocycles. The van der Waals surface area contributed by atoms with Crippen molar-refractivity contribution in [2.75, 3.05) is 5.32 Å². The van der Waals surface area contributed by atoms with Crippen molar-refractivity contribution < 1.29 is 0 Å². The Morgan fingerprint density at radius 2 is 2.10 bits per heavy atom. The van der Waals surface area contributed by atoms with Gasteiger partial charge < -0.3 is 5.32 Å². The first kappa shape index (κ1) is 12.9. The topological polar surface area (TPSA) is 57.8 Å². The molecule has 0 radical (unpaired) electrons. The minimum absolute atomic E-state index is 0.00934. The van der Waals surface area contributed by atoms with Crippen molar-refractivity contribution in [2.45, 2.75) is 39.7 Å². The van der Waals surface area contributed by atoms with Gasteiger partial charge in [-0.25, -0.2) is 4.98 Å². The number of aryl methyl sites for hydroxylation is 3. The van der Waals surface area contributed by atoms with Gasteiger partial charge in [0.05, 0.1) is 5.69 Å². The molecule has 2 aromatic rings. The average molecular weight is 269 g/mol. The van der Waals surface area contributed by atoms with E-state index < -0.39 is 0 Å². The summed E-state index contributed by atoms with van der Waals surface area (Å²) in [7, 11) is 0. The molecule has 0 amide bonds. The standard InChI is InChI=1S/C16H19N3O/c1-10-6-7-12(8-11(10)2)9-17-16-18-14-5-3-4-13(14)15(20)19-16/h6-8H,3-5,9H2,1-2H3,(H2,17,18,19,20). The van der Waals surface area contributed by atoms with Crippen LogP contribution in [-0.2, 0) is 19.4 Å². The van der Waals surface area contributed by atoms with Crippen molar-refractivity contribution in [2.24, 2.45) is 0 Å². The second kappa shape index (κ2) is 5.12. The van der Waals surface area contributed by atoms with Crippen LogP contribution in [0.1, 0.15) is 34.4 Å². The first-order chi connectivity index (χ1) is 9.63. The molecule has 1 aliphatic rings. The molecule has 0 saturated carbocycles. The molecule has 0 unspecified atom stereocenters. The van der Waals surface area contributed by atoms with E-state index in [1.54, 1.807) is 0 Å². The molecule has 0 aliphatic heterocycles. The number of rotatable bonds is 3. The highest BCUT2D eigenvalue weighted by Gasteiger charge is 2.16. The number of nitrogens with one attached hydrogen (secondary N) is 2. The molecular formula is C16H19N3O. The molecule has 0 spiro atoms. The minimum atomic E-state index is 0.00934. The fourth-order valence-corrected chi connectivity index (χ4v) is 2.62. The van der Waals surface area contributed by atoms with Gasteiger partial charge in [-0.3, -0.25) is 9.78 Å². The Bertz CT molecular complexity index is 703. The number of hydrogen-bond acceptors (Lipinski definition) is 3. The first-order valence-corrected chi connectivity index (χ1v) is 7.05. The van der Waals surface area contributed by atoms with Crippen molar-refractivity contribution in [1.29, 1.82) is 0 Å². The van der Waals surface area contributed by atoms with E-state index in [1.807, 2.05) is 0 Å². The molecule has 1 aromatic carbocycles. The van der Waals surface area contributed by atoms with Gasteiger partial charge in [-0.15, -0.1) is 0 Å². The van der Waals surface area contributed by atoms with Crippen LogP contribution in [0.25, 0.3) is 0 Å². The molecule has 0 bridgehead atoms. The Balaban J connectivity index is 1.77. The lowest BCUT2D eigenvalue weighted by Gasteiger charge is -2.09. The zero-order valence-electron chi connectivity index (χ0n) is 11.9. The van der Waals surface area contributed by atoms with E-state index in [-0.39, 0.29) is 5.56 Å². The predicted octanol–water partition coefficient (Wildman–Crippen LogP) is 2.49. The molecule has 20 heavy (non-hydrogen) atoms. The van der Waals surface area contributed by atoms with Gasteiger partial charge in [-0.2, -0.15) is 0 Å². The third-order valence-corrected chi connectivity index (χ3v) is 3.97. The summed E-state index contributed by atoms with van der Waals surface area (Å²) in [5, 5.41) is 3.21. The second-order valence-electron chi connectivity index (χ2n) is 5.47. The third kappa shape index (κ3) is 2.46. The van der Waals surface area contributed by atoms with E-state index in [1.165, 1.54) is 16.7 Å². The SMILES string of the molecule is Cc1ccc(CNc2nc3c(c(=O)[nH]2)CCC3)cc1C. The number of H-pyrrole nitrogens is 1. The van der Waals surface area contributed by atoms with Crippen LogP contribution in [0.4, 0.5) is 5.95 Å². The smallest absolute Gasteiger partial charge is 0.255 e. The summed E-state index contributed by atoms with van der Waals surface area (Å²) in [6.07, 6.45) is 2.80. The van der Waals surface area contributed by atoms with Crippen molar-refractivity contribution in [1.82, 2.24) is 9.97 Å². The third-order valence-electron chi connectivity index (χ3n) is 3.97. The summed E-state index contributed by atoms with van der Waals surface area (Å²) < 4.78 is 0. The van der Waals surface area contributed by atoms with Gasteiger partial charge in [-0.1, -0.05) is 18.2 Å². The maximum atomic E-state index is 11.9. The van der Waals surface area contributed by atoms with Crippen molar-refractivity contribution in [3.05, 3.63) is 56.5 Å². The van der Waals surface area contributed by atoms with Crippen LogP contribution < -0.4 is 10.9 Å². The predicted molar refractivity (Wildman–Crippen MR) is 80.1 cm³/mol. The van der Waals surface area contributed by atoms with Gasteiger partial charge in [0.25, 0.3) is 5.56 Å². The van der Waals surface area contributed by atoms with Gasteiger partial charge in [0, 0.05) is 12.1 Å². The lowest BCUT2D eigenvalue weighted by molar-refractivity contribution is 0.898. The minimum Gasteiger partial charge on any atom is -0.352 e. The molecule has 104 valence electrons. The van der Waals surface area contributed by atoms with Crippen molar-refractivity contribution in [3.63, 3.8) is 0 Å². The van der Waals surface area contributed by atoms with E-state index in [4.69, 9.17) is 0 Å². The maximum absolute atomic E-state index is 11.9. The summed E-state index contributed by atoms with van der Waals surface area (Å²) in [6, 6.07) is 6.37. The Kier molecular flexibility index (Phi) is 3.30. The summed E-state index contributed by atoms with van der Waals surface area (Å²) in [6.45, 7) is 4.88. The number of anilines is 1. The van der Waals surface area contributed by atoms with Crippen LogP contribution in [0.15, 0.2) is 23.0 Å². The van der Waals surface area contributed by atoms with Crippen LogP contribution in [-0.4, -0.2) is 9.97 Å². The lowest BCUT2D eigenvalue weighted by atomic mass is 10.1. The van der Waals surface area contributed by atoms with E-state index in [0.29, 0.717) is 12.5 Å². The molecule has 1 aliphatic carbocycles. The Morgan fingerprint density at radius 3 is 2.90 bits per heavy atom. The lowest BCUT2D eigenvalue weighted by Crippen LogP contribution is -2.17. The average Bonchev–Trinajstić information content (AvgIpc) is 2.89. The maximum Gasteiger partial charge on any atom is 0.255 e. The highest BCUT2D eigenvalue weighted by atomic mass is 16.1. The number of nitrogens with zero attached hydrogens (tertiary/aromatic N) is 1. The number of aromatic amines is 1. The summed E-state index contributed by atoms with van der Waals surface area (Å²) in [5.74, 6) is 0.578. The van der Waals surface area contributed by atoms with E-state index in [2.05, 4.69) is 47.3 Å². The first-order valence-electron chi connectivity index (χ1n) is 7.05. The van der Waals surface area contributed by atoms with Crippen molar-refractivity contribution >= 4 is 5.95 Å². The van der Waals surface area contributed by atoms with Crippen molar-refractivity contribution in [3.8, 4) is 0 Å². The van der Waals surface area contributed by atoms with Crippen LogP contribution >= 0.6 is 0 Å². The second-order valence-corrected chi connectivity index (χ2v) is 5.47. The molecule has 0 atom stereocenters. The van der Waals surface area contributed by atoms with Crippen LogP contribution in [0, 0.1) is 13.8 Å². The molecule has 3 rings (SSSR count). The van der Waals surface area contributed by atoms with Gasteiger partial charge in [0.1, 0.15) is 0 Å². The quantitative estimate of drug-likeness (QED) is 0.900. The monoisotopic (exact) mass is 269 g/mol. The van der Waals surface area contributed by atoms with Crippen LogP contribution in [0.5, 0.6) is 0 Å². The molecule has 2 N–H and O–H groups in total. The number of aromatic nitrogens is 2. The summed E-state index contributed by atoms with van der Waals surface area (Å²) in [4.78, 5) is 19.2. The highest BCUT2D eigenvalue weighted by molar-refractivity contribution is 5.35. The molecular weight excluding hydrogens is 250 g/mol. The summed E-state index contributed by atoms with van der Waals surface area (Å²) >= 11 is 0. The molecule has 4 heteroatoms. The molecule has 0 fully saturated rings. The van der Waals surface area contributed by atoms with Gasteiger partial charge >= 0.3 is 0 Å². The number of hydrogen-bond donors (Lipinski definition) is 2. The fourth-order valence-electron chi connectivity index (χ4n) is 2.62. The van der Waals surface area contributed by atoms with Crippen LogP contribution in [0.3, 0.4) is 0 Å². The molecule has 0 saturated heterocycles. The van der Waals surface area contributed by atoms with Gasteiger partial charge in [0.2, 0.25) is 5.95 Å². The van der Waals surface area contributed by atoms with E-state index in [9.17, 15) is 4.79 Å². The number of benzene rings is 1. The zero-order valence-corrected chi connectivity index (χ0v) is 11.9. The van der Waals surface area contributed by atoms with E-state index >= 15 is 0 Å². The van der Waals surface area contributed by atoms with Gasteiger partial charge in [0.15, 0.2) is 0 Å². The number of fused-ring (bicyclic) bond motifs is 1. The normalized spacial score (nSPS) is 13.3. The Hall–Kier alpha value is -2.10. The fraction of sp³-hybridized carbons (Fsp3) is 0.375. The van der Waals surface area contributed by atoms with Crippen LogP contribution in [0.2, 0.25) is 0 Å². The zero-order chi connectivity index (χ0) is 14.1. The summed E-state index contributed by atoms with van der Waals surface area (Å²) in [5.41, 5.74) is 5.59. The Morgan fingerprint density at radius 1 is 1.25 bits per heavy atom. The molecule has 4 nitrogen and oxygen atoms in total. The highest BCUT2D eigenvalue weighted by Crippen LogP contribution is 2.17. The largest absolute Gasteiger partial charge is 0.352 e. The molecule has 1 aromatic heterocycles.